The Kier molecular flexibility index (Phi) is 4.91. The van der Waals surface area contributed by atoms with Crippen LogP contribution in [0.15, 0.2) is 23.1 Å². The van der Waals surface area contributed by atoms with Gasteiger partial charge in [0.2, 0.25) is 15.9 Å². The minimum Gasteiger partial charge on any atom is -0.371 e. The van der Waals surface area contributed by atoms with Crippen LogP contribution in [0.4, 0.5) is 11.4 Å². The van der Waals surface area contributed by atoms with Gasteiger partial charge in [-0.05, 0) is 37.8 Å². The van der Waals surface area contributed by atoms with Crippen molar-refractivity contribution in [1.29, 1.82) is 0 Å². The summed E-state index contributed by atoms with van der Waals surface area (Å²) in [6.45, 7) is 0.754. The van der Waals surface area contributed by atoms with E-state index in [4.69, 9.17) is 0 Å². The van der Waals surface area contributed by atoms with Gasteiger partial charge in [-0.2, -0.15) is 4.31 Å². The van der Waals surface area contributed by atoms with E-state index in [9.17, 15) is 23.3 Å². The van der Waals surface area contributed by atoms with Crippen molar-refractivity contribution < 1.29 is 18.1 Å². The second-order valence-electron chi connectivity index (χ2n) is 6.24. The molecule has 0 aromatic heterocycles. The summed E-state index contributed by atoms with van der Waals surface area (Å²) in [4.78, 5) is 22.3. The molecule has 2 aliphatic rings. The molecule has 1 amide bonds. The van der Waals surface area contributed by atoms with Crippen molar-refractivity contribution in [2.75, 3.05) is 25.0 Å². The van der Waals surface area contributed by atoms with E-state index < -0.39 is 14.9 Å². The van der Waals surface area contributed by atoms with Crippen LogP contribution in [0, 0.1) is 10.1 Å². The Morgan fingerprint density at radius 2 is 1.96 bits per heavy atom. The number of carbonyl (C=O) groups is 1. The molecule has 1 saturated carbocycles. The molecule has 3 rings (SSSR count). The summed E-state index contributed by atoms with van der Waals surface area (Å²) < 4.78 is 26.4. The summed E-state index contributed by atoms with van der Waals surface area (Å²) in [5.41, 5.74) is -0.240. The van der Waals surface area contributed by atoms with Gasteiger partial charge in [0.1, 0.15) is 5.69 Å². The molecule has 0 radical (unpaired) electrons. The molecule has 1 aromatic carbocycles. The molecule has 0 unspecified atom stereocenters. The number of sulfonamides is 1. The maximum absolute atomic E-state index is 12.5. The predicted octanol–water partition coefficient (Wildman–Crippen LogP) is 1.07. The smallest absolute Gasteiger partial charge is 0.293 e. The molecular formula is C15H20N4O5S. The molecule has 2 fully saturated rings. The van der Waals surface area contributed by atoms with Gasteiger partial charge in [-0.1, -0.05) is 0 Å². The summed E-state index contributed by atoms with van der Waals surface area (Å²) >= 11 is 0. The topological polar surface area (TPSA) is 122 Å². The standard InChI is InChI=1S/C15H20N4O5S/c20-15(17-11-3-4-11)10-16-13-6-5-12(9-14(13)19(21)22)25(23,24)18-7-1-2-8-18/h5-6,9,11,16H,1-4,7-8,10H2,(H,17,20). The van der Waals surface area contributed by atoms with E-state index in [1.807, 2.05) is 0 Å². The van der Waals surface area contributed by atoms with Crippen LogP contribution in [0.3, 0.4) is 0 Å². The Morgan fingerprint density at radius 1 is 1.28 bits per heavy atom. The maximum atomic E-state index is 12.5. The van der Waals surface area contributed by atoms with Crippen molar-refractivity contribution in [2.24, 2.45) is 0 Å². The average Bonchev–Trinajstić information content (AvgIpc) is 3.20. The minimum absolute atomic E-state index is 0.102. The summed E-state index contributed by atoms with van der Waals surface area (Å²) in [6.07, 6.45) is 3.48. The van der Waals surface area contributed by atoms with E-state index in [0.29, 0.717) is 13.1 Å². The number of carbonyl (C=O) groups excluding carboxylic acids is 1. The van der Waals surface area contributed by atoms with Gasteiger partial charge in [0.15, 0.2) is 0 Å². The van der Waals surface area contributed by atoms with Crippen LogP contribution in [0.1, 0.15) is 25.7 Å². The number of nitrogens with one attached hydrogen (secondary N) is 2. The fourth-order valence-electron chi connectivity index (χ4n) is 2.73. The van der Waals surface area contributed by atoms with Gasteiger partial charge >= 0.3 is 0 Å². The molecule has 0 bridgehead atoms. The Balaban J connectivity index is 1.77. The van der Waals surface area contributed by atoms with Gasteiger partial charge in [-0.25, -0.2) is 8.42 Å². The summed E-state index contributed by atoms with van der Waals surface area (Å²) in [5.74, 6) is -0.245. The Morgan fingerprint density at radius 3 is 2.56 bits per heavy atom. The number of amides is 1. The van der Waals surface area contributed by atoms with E-state index in [0.717, 1.165) is 31.7 Å². The first-order valence-electron chi connectivity index (χ1n) is 8.20. The largest absolute Gasteiger partial charge is 0.371 e. The van der Waals surface area contributed by atoms with E-state index in [1.54, 1.807) is 0 Å². The molecule has 1 aromatic rings. The summed E-state index contributed by atoms with van der Waals surface area (Å²) in [6, 6.07) is 3.93. The van der Waals surface area contributed by atoms with Crippen molar-refractivity contribution in [3.8, 4) is 0 Å². The van der Waals surface area contributed by atoms with E-state index in [-0.39, 0.29) is 34.8 Å². The molecule has 9 nitrogen and oxygen atoms in total. The number of benzene rings is 1. The van der Waals surface area contributed by atoms with Gasteiger partial charge in [-0.3, -0.25) is 14.9 Å². The molecule has 0 spiro atoms. The lowest BCUT2D eigenvalue weighted by Gasteiger charge is -2.16. The van der Waals surface area contributed by atoms with Gasteiger partial charge in [0.25, 0.3) is 5.69 Å². The van der Waals surface area contributed by atoms with Crippen LogP contribution >= 0.6 is 0 Å². The normalized spacial score (nSPS) is 18.1. The van der Waals surface area contributed by atoms with Gasteiger partial charge < -0.3 is 10.6 Å². The zero-order valence-corrected chi connectivity index (χ0v) is 14.4. The first-order chi connectivity index (χ1) is 11.9. The molecule has 1 heterocycles. The fraction of sp³-hybridized carbons (Fsp3) is 0.533. The van der Waals surface area contributed by atoms with Crippen molar-refractivity contribution in [2.45, 2.75) is 36.6 Å². The number of nitro groups is 1. The van der Waals surface area contributed by atoms with Gasteiger partial charge in [-0.15, -0.1) is 0 Å². The van der Waals surface area contributed by atoms with Crippen molar-refractivity contribution >= 4 is 27.3 Å². The highest BCUT2D eigenvalue weighted by molar-refractivity contribution is 7.89. The van der Waals surface area contributed by atoms with Crippen LogP contribution in [-0.2, 0) is 14.8 Å². The number of nitrogens with zero attached hydrogens (tertiary/aromatic N) is 2. The third-order valence-electron chi connectivity index (χ3n) is 4.25. The molecule has 2 N–H and O–H groups in total. The molecule has 136 valence electrons. The molecule has 10 heteroatoms. The molecule has 25 heavy (non-hydrogen) atoms. The van der Waals surface area contributed by atoms with E-state index >= 15 is 0 Å². The lowest BCUT2D eigenvalue weighted by molar-refractivity contribution is -0.384. The third-order valence-corrected chi connectivity index (χ3v) is 6.15. The molecule has 1 saturated heterocycles. The number of anilines is 1. The van der Waals surface area contributed by atoms with Crippen molar-refractivity contribution in [3.63, 3.8) is 0 Å². The lowest BCUT2D eigenvalue weighted by Crippen LogP contribution is -2.31. The number of nitro benzene ring substituents is 1. The lowest BCUT2D eigenvalue weighted by atomic mass is 10.2. The zero-order chi connectivity index (χ0) is 18.0. The third kappa shape index (κ3) is 4.07. The molecule has 1 aliphatic carbocycles. The highest BCUT2D eigenvalue weighted by Crippen LogP contribution is 2.30. The highest BCUT2D eigenvalue weighted by Gasteiger charge is 2.29. The second kappa shape index (κ2) is 6.96. The summed E-state index contributed by atoms with van der Waals surface area (Å²) in [7, 11) is -3.73. The Bertz CT molecular complexity index is 785. The number of rotatable bonds is 7. The minimum atomic E-state index is -3.73. The zero-order valence-electron chi connectivity index (χ0n) is 13.6. The highest BCUT2D eigenvalue weighted by atomic mass is 32.2. The Labute approximate surface area is 145 Å². The second-order valence-corrected chi connectivity index (χ2v) is 8.18. The first kappa shape index (κ1) is 17.6. The van der Waals surface area contributed by atoms with Crippen molar-refractivity contribution in [1.82, 2.24) is 9.62 Å². The number of hydrogen-bond donors (Lipinski definition) is 2. The maximum Gasteiger partial charge on any atom is 0.293 e. The first-order valence-corrected chi connectivity index (χ1v) is 9.64. The van der Waals surface area contributed by atoms with E-state index in [1.165, 1.54) is 16.4 Å². The Hall–Kier alpha value is -2.20. The summed E-state index contributed by atoms with van der Waals surface area (Å²) in [5, 5.41) is 16.8. The molecule has 0 atom stereocenters. The van der Waals surface area contributed by atoms with Gasteiger partial charge in [0, 0.05) is 25.2 Å². The number of hydrogen-bond acceptors (Lipinski definition) is 6. The fourth-order valence-corrected chi connectivity index (χ4v) is 4.27. The average molecular weight is 368 g/mol. The monoisotopic (exact) mass is 368 g/mol. The van der Waals surface area contributed by atoms with E-state index in [2.05, 4.69) is 10.6 Å². The molecule has 1 aliphatic heterocycles. The van der Waals surface area contributed by atoms with Crippen LogP contribution in [0.25, 0.3) is 0 Å². The predicted molar refractivity (Wildman–Crippen MR) is 90.7 cm³/mol. The SMILES string of the molecule is O=C(CNc1ccc(S(=O)(=O)N2CCCC2)cc1[N+](=O)[O-])NC1CC1. The van der Waals surface area contributed by atoms with Gasteiger partial charge in [0.05, 0.1) is 16.4 Å². The quantitative estimate of drug-likeness (QED) is 0.548. The van der Waals surface area contributed by atoms with Crippen molar-refractivity contribution in [3.05, 3.63) is 28.3 Å². The molecular weight excluding hydrogens is 348 g/mol. The van der Waals surface area contributed by atoms with Crippen LogP contribution < -0.4 is 10.6 Å². The van der Waals surface area contributed by atoms with Crippen LogP contribution in [0.2, 0.25) is 0 Å². The van der Waals surface area contributed by atoms with Crippen LogP contribution in [-0.4, -0.2) is 49.2 Å². The van der Waals surface area contributed by atoms with Crippen LogP contribution in [0.5, 0.6) is 0 Å².